The van der Waals surface area contributed by atoms with Gasteiger partial charge in [-0.05, 0) is 48.4 Å². The van der Waals surface area contributed by atoms with Crippen molar-refractivity contribution in [1.82, 2.24) is 15.5 Å². The molecule has 1 N–H and O–H groups in total. The number of alkyl halides is 3. The van der Waals surface area contributed by atoms with Crippen LogP contribution in [-0.2, 0) is 12.6 Å². The van der Waals surface area contributed by atoms with E-state index in [1.165, 1.54) is 12.1 Å². The minimum atomic E-state index is -4.54. The fourth-order valence-corrected chi connectivity index (χ4v) is 3.68. The van der Waals surface area contributed by atoms with Crippen molar-refractivity contribution in [2.24, 2.45) is 0 Å². The molecule has 178 valence electrons. The van der Waals surface area contributed by atoms with E-state index in [1.54, 1.807) is 30.3 Å². The van der Waals surface area contributed by atoms with Crippen LogP contribution < -0.4 is 19.5 Å². The van der Waals surface area contributed by atoms with Crippen molar-refractivity contribution < 1.29 is 32.2 Å². The molecule has 0 fully saturated rings. The maximum Gasteiger partial charge on any atom is 0.416 e. The lowest BCUT2D eigenvalue weighted by Crippen LogP contribution is -2.26. The third kappa shape index (κ3) is 4.81. The van der Waals surface area contributed by atoms with E-state index >= 15 is 0 Å². The van der Waals surface area contributed by atoms with Gasteiger partial charge >= 0.3 is 6.18 Å². The molecule has 5 rings (SSSR count). The molecule has 0 aliphatic carbocycles. The minimum absolute atomic E-state index is 0.0821. The second kappa shape index (κ2) is 9.13. The summed E-state index contributed by atoms with van der Waals surface area (Å²) in [6, 6.07) is 16.7. The number of amides is 1. The number of nitrogens with one attached hydrogen (secondary N) is 1. The number of nitrogens with zero attached hydrogens (tertiary/aromatic N) is 2. The van der Waals surface area contributed by atoms with E-state index in [2.05, 4.69) is 15.5 Å². The summed E-state index contributed by atoms with van der Waals surface area (Å²) in [4.78, 5) is 13.2. The van der Waals surface area contributed by atoms with Gasteiger partial charge in [-0.15, -0.1) is 10.2 Å². The Hall–Kier alpha value is -4.34. The van der Waals surface area contributed by atoms with Gasteiger partial charge in [-0.25, -0.2) is 0 Å². The first-order valence-corrected chi connectivity index (χ1v) is 10.7. The Morgan fingerprint density at radius 3 is 2.66 bits per heavy atom. The lowest BCUT2D eigenvalue weighted by Gasteiger charge is -2.13. The molecule has 1 aromatic heterocycles. The topological polar surface area (TPSA) is 82.6 Å². The van der Waals surface area contributed by atoms with E-state index in [0.29, 0.717) is 28.8 Å². The largest absolute Gasteiger partial charge is 0.454 e. The first kappa shape index (κ1) is 22.5. The van der Waals surface area contributed by atoms with Crippen LogP contribution in [0.2, 0.25) is 0 Å². The fourth-order valence-electron chi connectivity index (χ4n) is 3.68. The molecule has 2 heterocycles. The highest BCUT2D eigenvalue weighted by atomic mass is 19.4. The maximum atomic E-state index is 13.2. The number of hydrogen-bond acceptors (Lipinski definition) is 6. The van der Waals surface area contributed by atoms with E-state index in [0.717, 1.165) is 17.7 Å². The summed E-state index contributed by atoms with van der Waals surface area (Å²) in [7, 11) is 0. The molecule has 0 saturated carbocycles. The summed E-state index contributed by atoms with van der Waals surface area (Å²) < 4.78 is 55.6. The van der Waals surface area contributed by atoms with Crippen molar-refractivity contribution in [2.75, 3.05) is 13.3 Å². The Labute approximate surface area is 197 Å². The number of hydrogen-bond donors (Lipinski definition) is 1. The number of carbonyl (C=O) groups excluding carboxylic acids is 1. The van der Waals surface area contributed by atoms with Crippen LogP contribution in [0, 0.1) is 0 Å². The molecule has 7 nitrogen and oxygen atoms in total. The highest BCUT2D eigenvalue weighted by Crippen LogP contribution is 2.34. The minimum Gasteiger partial charge on any atom is -0.454 e. The van der Waals surface area contributed by atoms with Gasteiger partial charge in [0.05, 0.1) is 11.1 Å². The summed E-state index contributed by atoms with van der Waals surface area (Å²) in [6.45, 7) is 0.463. The second-order valence-electron chi connectivity index (χ2n) is 7.72. The molecule has 0 spiro atoms. The number of ether oxygens (including phenoxy) is 3. The van der Waals surface area contributed by atoms with Gasteiger partial charge in [-0.1, -0.05) is 30.3 Å². The molecule has 3 aromatic carbocycles. The number of halogens is 3. The standard InChI is InChI=1S/C25H18F3N3O4/c26-25(27,28)16-4-3-5-17(13-16)35-24-22(18-6-1-2-7-19(18)30-31-24)23(32)29-11-10-15-8-9-20-21(12-15)34-14-33-20/h1-9,12-13H,10-11,14H2,(H,29,32). The highest BCUT2D eigenvalue weighted by Gasteiger charge is 2.31. The number of rotatable bonds is 6. The zero-order valence-electron chi connectivity index (χ0n) is 18.1. The number of aromatic nitrogens is 2. The fraction of sp³-hybridized carbons (Fsp3) is 0.160. The molecule has 0 radical (unpaired) electrons. The van der Waals surface area contributed by atoms with Crippen molar-refractivity contribution >= 4 is 16.8 Å². The lowest BCUT2D eigenvalue weighted by atomic mass is 10.1. The van der Waals surface area contributed by atoms with Gasteiger partial charge < -0.3 is 19.5 Å². The van der Waals surface area contributed by atoms with Crippen molar-refractivity contribution in [2.45, 2.75) is 12.6 Å². The molecular weight excluding hydrogens is 463 g/mol. The van der Waals surface area contributed by atoms with Crippen LogP contribution in [0.1, 0.15) is 21.5 Å². The summed E-state index contributed by atoms with van der Waals surface area (Å²) in [5.74, 6) is 0.527. The van der Waals surface area contributed by atoms with Gasteiger partial charge in [-0.3, -0.25) is 4.79 Å². The molecule has 1 aliphatic heterocycles. The zero-order chi connectivity index (χ0) is 24.4. The SMILES string of the molecule is O=C(NCCc1ccc2c(c1)OCO2)c1c(Oc2cccc(C(F)(F)F)c2)nnc2ccccc12. The molecule has 0 saturated heterocycles. The Balaban J connectivity index is 1.39. The predicted octanol–water partition coefficient (Wildman–Crippen LogP) is 5.14. The van der Waals surface area contributed by atoms with Crippen LogP contribution in [0.15, 0.2) is 66.7 Å². The molecule has 4 aromatic rings. The normalized spacial score (nSPS) is 12.5. The smallest absolute Gasteiger partial charge is 0.416 e. The Morgan fingerprint density at radius 2 is 1.80 bits per heavy atom. The summed E-state index contributed by atoms with van der Waals surface area (Å²) in [6.07, 6.45) is -4.02. The average Bonchev–Trinajstić information content (AvgIpc) is 3.31. The summed E-state index contributed by atoms with van der Waals surface area (Å²) in [5, 5.41) is 11.3. The van der Waals surface area contributed by atoms with Crippen molar-refractivity contribution in [3.63, 3.8) is 0 Å². The number of carbonyl (C=O) groups is 1. The van der Waals surface area contributed by atoms with Crippen molar-refractivity contribution in [3.8, 4) is 23.1 Å². The van der Waals surface area contributed by atoms with Gasteiger partial charge in [-0.2, -0.15) is 13.2 Å². The van der Waals surface area contributed by atoms with E-state index in [-0.39, 0.29) is 30.5 Å². The maximum absolute atomic E-state index is 13.2. The molecule has 10 heteroatoms. The van der Waals surface area contributed by atoms with E-state index in [4.69, 9.17) is 14.2 Å². The molecule has 35 heavy (non-hydrogen) atoms. The van der Waals surface area contributed by atoms with Gasteiger partial charge in [0, 0.05) is 11.9 Å². The molecule has 1 amide bonds. The van der Waals surface area contributed by atoms with Crippen LogP contribution in [0.3, 0.4) is 0 Å². The third-order valence-electron chi connectivity index (χ3n) is 5.37. The summed E-state index contributed by atoms with van der Waals surface area (Å²) in [5.41, 5.74) is 0.592. The van der Waals surface area contributed by atoms with E-state index in [9.17, 15) is 18.0 Å². The van der Waals surface area contributed by atoms with Crippen LogP contribution in [0.5, 0.6) is 23.1 Å². The summed E-state index contributed by atoms with van der Waals surface area (Å²) >= 11 is 0. The first-order chi connectivity index (χ1) is 16.9. The van der Waals surface area contributed by atoms with Crippen LogP contribution in [0.4, 0.5) is 13.2 Å². The Morgan fingerprint density at radius 1 is 0.971 bits per heavy atom. The van der Waals surface area contributed by atoms with Crippen LogP contribution in [0.25, 0.3) is 10.9 Å². The van der Waals surface area contributed by atoms with Gasteiger partial charge in [0.15, 0.2) is 11.5 Å². The Bertz CT molecular complexity index is 1410. The predicted molar refractivity (Wildman–Crippen MR) is 120 cm³/mol. The first-order valence-electron chi connectivity index (χ1n) is 10.7. The second-order valence-corrected chi connectivity index (χ2v) is 7.72. The van der Waals surface area contributed by atoms with Gasteiger partial charge in [0.2, 0.25) is 6.79 Å². The van der Waals surface area contributed by atoms with Crippen LogP contribution in [-0.4, -0.2) is 29.4 Å². The number of benzene rings is 3. The quantitative estimate of drug-likeness (QED) is 0.411. The van der Waals surface area contributed by atoms with Crippen molar-refractivity contribution in [1.29, 1.82) is 0 Å². The highest BCUT2D eigenvalue weighted by molar-refractivity contribution is 6.07. The van der Waals surface area contributed by atoms with Crippen LogP contribution >= 0.6 is 0 Å². The van der Waals surface area contributed by atoms with Gasteiger partial charge in [0.25, 0.3) is 11.8 Å². The van der Waals surface area contributed by atoms with E-state index < -0.39 is 17.6 Å². The monoisotopic (exact) mass is 481 g/mol. The molecule has 1 aliphatic rings. The molecule has 0 unspecified atom stereocenters. The van der Waals surface area contributed by atoms with E-state index in [1.807, 2.05) is 12.1 Å². The molecule has 0 atom stereocenters. The molecular formula is C25H18F3N3O4. The third-order valence-corrected chi connectivity index (χ3v) is 5.37. The average molecular weight is 481 g/mol. The number of fused-ring (bicyclic) bond motifs is 2. The lowest BCUT2D eigenvalue weighted by molar-refractivity contribution is -0.137. The molecule has 0 bridgehead atoms. The zero-order valence-corrected chi connectivity index (χ0v) is 18.1. The Kier molecular flexibility index (Phi) is 5.86. The van der Waals surface area contributed by atoms with Crippen molar-refractivity contribution in [3.05, 3.63) is 83.4 Å². The van der Waals surface area contributed by atoms with Gasteiger partial charge in [0.1, 0.15) is 11.3 Å².